The van der Waals surface area contributed by atoms with Gasteiger partial charge in [0.15, 0.2) is 0 Å². The summed E-state index contributed by atoms with van der Waals surface area (Å²) in [5, 5.41) is 12.7. The molecule has 22 heavy (non-hydrogen) atoms. The lowest BCUT2D eigenvalue weighted by Crippen LogP contribution is -2.44. The van der Waals surface area contributed by atoms with Gasteiger partial charge in [0.2, 0.25) is 5.91 Å². The first-order valence-electron chi connectivity index (χ1n) is 7.44. The largest absolute Gasteiger partial charge is 0.383 e. The van der Waals surface area contributed by atoms with E-state index in [1.807, 2.05) is 32.0 Å². The molecule has 5 nitrogen and oxygen atoms in total. The van der Waals surface area contributed by atoms with Crippen molar-refractivity contribution in [1.82, 2.24) is 4.90 Å². The van der Waals surface area contributed by atoms with Crippen LogP contribution in [0.4, 0.5) is 5.69 Å². The molecule has 0 radical (unpaired) electrons. The summed E-state index contributed by atoms with van der Waals surface area (Å²) in [7, 11) is 0. The van der Waals surface area contributed by atoms with Crippen molar-refractivity contribution in [3.8, 4) is 0 Å². The van der Waals surface area contributed by atoms with E-state index in [2.05, 4.69) is 11.9 Å². The number of aliphatic hydroxyl groups excluding tert-OH is 1. The predicted octanol–water partition coefficient (Wildman–Crippen LogP) is 1.71. The molecule has 1 aliphatic rings. The Bertz CT molecular complexity index is 596. The SMILES string of the molecule is C=CC(=O)Nc1ccc2c(c1)CN(C(=O)[C@@H](O)C(C)C)CC2. The molecular formula is C17H22N2O3. The van der Waals surface area contributed by atoms with Crippen molar-refractivity contribution in [2.45, 2.75) is 32.9 Å². The summed E-state index contributed by atoms with van der Waals surface area (Å²) in [6.07, 6.45) is 1.00. The average Bonchev–Trinajstić information content (AvgIpc) is 2.52. The number of hydrogen-bond donors (Lipinski definition) is 2. The van der Waals surface area contributed by atoms with Crippen LogP contribution in [0.5, 0.6) is 0 Å². The Hall–Kier alpha value is -2.14. The van der Waals surface area contributed by atoms with E-state index in [9.17, 15) is 14.7 Å². The monoisotopic (exact) mass is 302 g/mol. The number of benzene rings is 1. The molecule has 1 heterocycles. The molecule has 2 N–H and O–H groups in total. The maximum Gasteiger partial charge on any atom is 0.251 e. The fourth-order valence-corrected chi connectivity index (χ4v) is 2.49. The third kappa shape index (κ3) is 3.54. The van der Waals surface area contributed by atoms with Crippen LogP contribution in [-0.2, 0) is 22.6 Å². The van der Waals surface area contributed by atoms with Crippen molar-refractivity contribution in [3.63, 3.8) is 0 Å². The summed E-state index contributed by atoms with van der Waals surface area (Å²) in [4.78, 5) is 25.3. The predicted molar refractivity (Wildman–Crippen MR) is 85.2 cm³/mol. The second-order valence-electron chi connectivity index (χ2n) is 5.88. The normalized spacial score (nSPS) is 15.2. The molecule has 0 saturated heterocycles. The maximum atomic E-state index is 12.3. The summed E-state index contributed by atoms with van der Waals surface area (Å²) >= 11 is 0. The molecule has 1 aromatic carbocycles. The number of nitrogens with one attached hydrogen (secondary N) is 1. The Morgan fingerprint density at radius 3 is 2.73 bits per heavy atom. The van der Waals surface area contributed by atoms with Gasteiger partial charge in [0.25, 0.3) is 5.91 Å². The first-order chi connectivity index (χ1) is 10.4. The van der Waals surface area contributed by atoms with E-state index in [0.29, 0.717) is 18.8 Å². The molecule has 0 bridgehead atoms. The van der Waals surface area contributed by atoms with Gasteiger partial charge >= 0.3 is 0 Å². The van der Waals surface area contributed by atoms with Crippen LogP contribution in [0, 0.1) is 5.92 Å². The molecule has 0 spiro atoms. The molecule has 0 aromatic heterocycles. The summed E-state index contributed by atoms with van der Waals surface area (Å²) in [5.41, 5.74) is 2.85. The highest BCUT2D eigenvalue weighted by molar-refractivity contribution is 5.98. The number of aliphatic hydroxyl groups is 1. The first kappa shape index (κ1) is 16.2. The van der Waals surface area contributed by atoms with Crippen LogP contribution in [0.3, 0.4) is 0 Å². The van der Waals surface area contributed by atoms with Gasteiger partial charge in [0.05, 0.1) is 0 Å². The Labute approximate surface area is 130 Å². The summed E-state index contributed by atoms with van der Waals surface area (Å²) < 4.78 is 0. The summed E-state index contributed by atoms with van der Waals surface area (Å²) in [6.45, 7) is 8.13. The fraction of sp³-hybridized carbons (Fsp3) is 0.412. The number of amides is 2. The van der Waals surface area contributed by atoms with Crippen LogP contribution < -0.4 is 5.32 Å². The Balaban J connectivity index is 2.14. The molecule has 0 fully saturated rings. The molecule has 0 unspecified atom stereocenters. The van der Waals surface area contributed by atoms with Gasteiger partial charge < -0.3 is 15.3 Å². The van der Waals surface area contributed by atoms with Crippen molar-refractivity contribution in [2.24, 2.45) is 5.92 Å². The highest BCUT2D eigenvalue weighted by Gasteiger charge is 2.27. The number of rotatable bonds is 4. The maximum absolute atomic E-state index is 12.3. The molecule has 1 aromatic rings. The second-order valence-corrected chi connectivity index (χ2v) is 5.88. The van der Waals surface area contributed by atoms with Gasteiger partial charge in [-0.15, -0.1) is 0 Å². The standard InChI is InChI=1S/C17H22N2O3/c1-4-15(20)18-14-6-5-12-7-8-19(10-13(12)9-14)17(22)16(21)11(2)3/h4-6,9,11,16,21H,1,7-8,10H2,2-3H3,(H,18,20)/t16-/m0/s1. The quantitative estimate of drug-likeness (QED) is 0.832. The van der Waals surface area contributed by atoms with Gasteiger partial charge in [-0.1, -0.05) is 26.5 Å². The Morgan fingerprint density at radius 2 is 2.09 bits per heavy atom. The number of hydrogen-bond acceptors (Lipinski definition) is 3. The zero-order valence-electron chi connectivity index (χ0n) is 13.0. The third-order valence-electron chi connectivity index (χ3n) is 3.87. The zero-order valence-corrected chi connectivity index (χ0v) is 13.0. The third-order valence-corrected chi connectivity index (χ3v) is 3.87. The van der Waals surface area contributed by atoms with Gasteiger partial charge in [0, 0.05) is 18.8 Å². The van der Waals surface area contributed by atoms with Crippen molar-refractivity contribution in [2.75, 3.05) is 11.9 Å². The van der Waals surface area contributed by atoms with Crippen LogP contribution in [-0.4, -0.2) is 34.5 Å². The van der Waals surface area contributed by atoms with Crippen LogP contribution in [0.25, 0.3) is 0 Å². The lowest BCUT2D eigenvalue weighted by molar-refractivity contribution is -0.143. The van der Waals surface area contributed by atoms with Crippen LogP contribution in [0.15, 0.2) is 30.9 Å². The number of carbonyl (C=O) groups is 2. The van der Waals surface area contributed by atoms with Gasteiger partial charge in [-0.25, -0.2) is 0 Å². The second kappa shape index (κ2) is 6.75. The van der Waals surface area contributed by atoms with E-state index in [0.717, 1.165) is 12.0 Å². The van der Waals surface area contributed by atoms with Gasteiger partial charge in [-0.3, -0.25) is 9.59 Å². The van der Waals surface area contributed by atoms with Gasteiger partial charge in [0.1, 0.15) is 6.10 Å². The fourth-order valence-electron chi connectivity index (χ4n) is 2.49. The molecule has 2 rings (SSSR count). The van der Waals surface area contributed by atoms with Gasteiger partial charge in [-0.05, 0) is 41.7 Å². The minimum Gasteiger partial charge on any atom is -0.383 e. The number of nitrogens with zero attached hydrogens (tertiary/aromatic N) is 1. The molecule has 118 valence electrons. The minimum absolute atomic E-state index is 0.105. The number of carbonyl (C=O) groups excluding carboxylic acids is 2. The lowest BCUT2D eigenvalue weighted by Gasteiger charge is -2.31. The number of fused-ring (bicyclic) bond motifs is 1. The van der Waals surface area contributed by atoms with Crippen molar-refractivity contribution in [1.29, 1.82) is 0 Å². The van der Waals surface area contributed by atoms with Gasteiger partial charge in [-0.2, -0.15) is 0 Å². The lowest BCUT2D eigenvalue weighted by atomic mass is 9.97. The van der Waals surface area contributed by atoms with E-state index in [1.165, 1.54) is 11.6 Å². The molecular weight excluding hydrogens is 280 g/mol. The summed E-state index contributed by atoms with van der Waals surface area (Å²) in [6, 6.07) is 5.69. The van der Waals surface area contributed by atoms with Crippen molar-refractivity contribution in [3.05, 3.63) is 42.0 Å². The average molecular weight is 302 g/mol. The van der Waals surface area contributed by atoms with Crippen molar-refractivity contribution >= 4 is 17.5 Å². The Morgan fingerprint density at radius 1 is 1.36 bits per heavy atom. The van der Waals surface area contributed by atoms with E-state index in [-0.39, 0.29) is 17.7 Å². The highest BCUT2D eigenvalue weighted by atomic mass is 16.3. The highest BCUT2D eigenvalue weighted by Crippen LogP contribution is 2.23. The molecule has 1 aliphatic heterocycles. The van der Waals surface area contributed by atoms with Crippen LogP contribution in [0.1, 0.15) is 25.0 Å². The smallest absolute Gasteiger partial charge is 0.251 e. The Kier molecular flexibility index (Phi) is 4.98. The minimum atomic E-state index is -0.967. The van der Waals surface area contributed by atoms with E-state index in [4.69, 9.17) is 0 Å². The van der Waals surface area contributed by atoms with E-state index < -0.39 is 6.10 Å². The first-order valence-corrected chi connectivity index (χ1v) is 7.44. The zero-order chi connectivity index (χ0) is 16.3. The topological polar surface area (TPSA) is 69.6 Å². The van der Waals surface area contributed by atoms with E-state index >= 15 is 0 Å². The molecule has 5 heteroatoms. The van der Waals surface area contributed by atoms with Crippen molar-refractivity contribution < 1.29 is 14.7 Å². The van der Waals surface area contributed by atoms with Crippen LogP contribution in [0.2, 0.25) is 0 Å². The molecule has 1 atom stereocenters. The molecule has 0 saturated carbocycles. The molecule has 0 aliphatic carbocycles. The van der Waals surface area contributed by atoms with Crippen LogP contribution >= 0.6 is 0 Å². The summed E-state index contributed by atoms with van der Waals surface area (Å²) in [5.74, 6) is -0.604. The molecule has 2 amide bonds. The number of anilines is 1. The van der Waals surface area contributed by atoms with E-state index in [1.54, 1.807) is 4.90 Å².